The molecule has 7 aromatic rings. The lowest BCUT2D eigenvalue weighted by molar-refractivity contribution is -0.125. The third kappa shape index (κ3) is 7.35. The number of allylic oxidation sites excluding steroid dienone is 1. The normalized spacial score (nSPS) is 16.4. The van der Waals surface area contributed by atoms with Crippen LogP contribution in [0.3, 0.4) is 0 Å². The monoisotopic (exact) mass is 859 g/mol. The van der Waals surface area contributed by atoms with Crippen molar-refractivity contribution in [1.29, 1.82) is 0 Å². The zero-order chi connectivity index (χ0) is 44.4. The minimum absolute atomic E-state index is 0.109. The number of carbonyl (C=O) groups excluding carboxylic acids is 4. The molecular weight excluding hydrogens is 811 g/mol. The van der Waals surface area contributed by atoms with Gasteiger partial charge in [-0.3, -0.25) is 24.1 Å². The Balaban J connectivity index is 0.831. The Kier molecular flexibility index (Phi) is 10.3. The standard InChI is InChI=1S/C48H49N11O5/c1-6-58-39(22-35(55-58)29-14-15-29)52-45-42-34-20-25(2)33(40-27(4)56-64-28(40)5)21-36(34)51-44(42)53-43(54-45)38(60)18-16-31-23-57(24-49-31)19-8-7-10-30-11-9-12-32-41(30)48(63)59(47(32)62)37-17-13-26(3)50-46(37)61/h9,11-12,20-24,29,37H,3,6-8,10,13-19H2,1-2,4-5H3,(H,50,61)(H2,51,52,53,54). The lowest BCUT2D eigenvalue weighted by atomic mass is 9.97. The predicted molar refractivity (Wildman–Crippen MR) is 239 cm³/mol. The van der Waals surface area contributed by atoms with Crippen LogP contribution in [0.25, 0.3) is 33.1 Å². The van der Waals surface area contributed by atoms with E-state index in [-0.39, 0.29) is 23.9 Å². The van der Waals surface area contributed by atoms with E-state index in [4.69, 9.17) is 19.6 Å². The number of carbonyl (C=O) groups is 4. The summed E-state index contributed by atoms with van der Waals surface area (Å²) >= 11 is 0. The zero-order valence-electron chi connectivity index (χ0n) is 36.4. The molecule has 1 saturated carbocycles. The number of imide groups is 1. The number of H-pyrrole nitrogens is 1. The molecular formula is C48H49N11O5. The molecule has 1 atom stereocenters. The summed E-state index contributed by atoms with van der Waals surface area (Å²) in [6.07, 6.45) is 9.59. The second kappa shape index (κ2) is 16.2. The van der Waals surface area contributed by atoms with E-state index in [1.54, 1.807) is 18.5 Å². The fourth-order valence-corrected chi connectivity index (χ4v) is 9.28. The van der Waals surface area contributed by atoms with Crippen molar-refractivity contribution in [2.45, 2.75) is 111 Å². The molecule has 1 saturated heterocycles. The SMILES string of the molecule is C=C1CCC(N2C(=O)c3cccc(CCCCn4cnc(CCC(=O)c5nc(Nc6cc(C7CC7)nn6CC)c6c(n5)[nH]c5cc(-c7c(C)noc7C)c(C)cc56)c4)c3C2=O)C(=O)N1. The molecule has 3 N–H and O–H groups in total. The van der Waals surface area contributed by atoms with Crippen molar-refractivity contribution >= 4 is 57.1 Å². The number of imidazole rings is 1. The van der Waals surface area contributed by atoms with E-state index in [9.17, 15) is 19.2 Å². The third-order valence-electron chi connectivity index (χ3n) is 12.8. The van der Waals surface area contributed by atoms with Crippen molar-refractivity contribution in [3.05, 3.63) is 112 Å². The van der Waals surface area contributed by atoms with Crippen LogP contribution in [0.2, 0.25) is 0 Å². The van der Waals surface area contributed by atoms with Crippen LogP contribution in [0.1, 0.15) is 123 Å². The van der Waals surface area contributed by atoms with Gasteiger partial charge in [0, 0.05) is 59.9 Å². The van der Waals surface area contributed by atoms with Crippen molar-refractivity contribution in [2.24, 2.45) is 0 Å². The molecule has 3 aliphatic rings. The topological polar surface area (TPSA) is 199 Å². The molecule has 0 bridgehead atoms. The Morgan fingerprint density at radius 2 is 1.83 bits per heavy atom. The number of hydrogen-bond donors (Lipinski definition) is 3. The minimum Gasteiger partial charge on any atom is -0.361 e. The van der Waals surface area contributed by atoms with E-state index in [1.807, 2.05) is 35.4 Å². The third-order valence-corrected chi connectivity index (χ3v) is 12.8. The lowest BCUT2D eigenvalue weighted by Crippen LogP contribution is -2.51. The van der Waals surface area contributed by atoms with Gasteiger partial charge in [-0.1, -0.05) is 23.9 Å². The molecule has 3 amide bonds. The van der Waals surface area contributed by atoms with E-state index in [1.165, 1.54) is 0 Å². The summed E-state index contributed by atoms with van der Waals surface area (Å²) in [7, 11) is 0. The number of amides is 3. The Hall–Kier alpha value is -7.23. The highest BCUT2D eigenvalue weighted by Crippen LogP contribution is 2.42. The highest BCUT2D eigenvalue weighted by Gasteiger charge is 2.44. The van der Waals surface area contributed by atoms with Crippen molar-refractivity contribution < 1.29 is 23.7 Å². The molecule has 0 spiro atoms. The van der Waals surface area contributed by atoms with Gasteiger partial charge in [0.1, 0.15) is 29.1 Å². The Labute approximate surface area is 368 Å². The number of benzene rings is 2. The van der Waals surface area contributed by atoms with Crippen LogP contribution in [-0.2, 0) is 30.7 Å². The molecule has 10 rings (SSSR count). The van der Waals surface area contributed by atoms with Crippen LogP contribution >= 0.6 is 0 Å². The number of rotatable bonds is 15. The largest absolute Gasteiger partial charge is 0.361 e. The summed E-state index contributed by atoms with van der Waals surface area (Å²) in [6.45, 7) is 13.1. The predicted octanol–water partition coefficient (Wildman–Crippen LogP) is 7.95. The summed E-state index contributed by atoms with van der Waals surface area (Å²) in [5, 5.41) is 17.0. The van der Waals surface area contributed by atoms with Gasteiger partial charge in [-0.2, -0.15) is 5.10 Å². The minimum atomic E-state index is -0.844. The fourth-order valence-electron chi connectivity index (χ4n) is 9.28. The maximum atomic E-state index is 14.0. The number of aromatic amines is 1. The summed E-state index contributed by atoms with van der Waals surface area (Å²) in [4.78, 5) is 72.4. The zero-order valence-corrected chi connectivity index (χ0v) is 36.4. The highest BCUT2D eigenvalue weighted by molar-refractivity contribution is 6.23. The van der Waals surface area contributed by atoms with Gasteiger partial charge in [-0.15, -0.1) is 0 Å². The van der Waals surface area contributed by atoms with Gasteiger partial charge in [0.15, 0.2) is 5.82 Å². The average molecular weight is 860 g/mol. The van der Waals surface area contributed by atoms with Gasteiger partial charge in [0.25, 0.3) is 11.8 Å². The van der Waals surface area contributed by atoms with Gasteiger partial charge in [0.05, 0.1) is 39.9 Å². The molecule has 7 heterocycles. The van der Waals surface area contributed by atoms with Gasteiger partial charge in [0.2, 0.25) is 11.7 Å². The number of Topliss-reactive ketones (excluding diaryl/α,β-unsaturated/α-hetero) is 1. The van der Waals surface area contributed by atoms with Crippen LogP contribution in [0.4, 0.5) is 11.6 Å². The number of ketones is 1. The highest BCUT2D eigenvalue weighted by atomic mass is 16.5. The maximum Gasteiger partial charge on any atom is 0.262 e. The number of nitrogens with one attached hydrogen (secondary N) is 3. The summed E-state index contributed by atoms with van der Waals surface area (Å²) in [6, 6.07) is 10.8. The summed E-state index contributed by atoms with van der Waals surface area (Å²) in [5.41, 5.74) is 9.19. The van der Waals surface area contributed by atoms with Crippen LogP contribution in [-0.4, -0.2) is 73.9 Å². The number of nitrogens with zero attached hydrogens (tertiary/aromatic N) is 8. The Morgan fingerprint density at radius 1 is 0.984 bits per heavy atom. The van der Waals surface area contributed by atoms with Crippen LogP contribution in [0.5, 0.6) is 0 Å². The Bertz CT molecular complexity index is 3050. The van der Waals surface area contributed by atoms with Crippen LogP contribution < -0.4 is 10.6 Å². The number of anilines is 2. The number of hydrogen-bond acceptors (Lipinski definition) is 11. The molecule has 2 aromatic carbocycles. The first-order valence-electron chi connectivity index (χ1n) is 22.1. The maximum absolute atomic E-state index is 14.0. The van der Waals surface area contributed by atoms with Crippen LogP contribution in [0, 0.1) is 20.8 Å². The molecule has 2 aliphatic heterocycles. The first kappa shape index (κ1) is 40.8. The second-order valence-electron chi connectivity index (χ2n) is 17.3. The van der Waals surface area contributed by atoms with Crippen molar-refractivity contribution in [3.8, 4) is 11.1 Å². The lowest BCUT2D eigenvalue weighted by Gasteiger charge is -2.29. The van der Waals surface area contributed by atoms with Gasteiger partial charge < -0.3 is 24.7 Å². The molecule has 16 nitrogen and oxygen atoms in total. The molecule has 1 aliphatic carbocycles. The quantitative estimate of drug-likeness (QED) is 0.0514. The second-order valence-corrected chi connectivity index (χ2v) is 17.3. The number of aryl methyl sites for hydroxylation is 7. The average Bonchev–Trinajstić information content (AvgIpc) is 3.49. The fraction of sp³-hybridized carbons (Fsp3) is 0.354. The van der Waals surface area contributed by atoms with Gasteiger partial charge >= 0.3 is 0 Å². The van der Waals surface area contributed by atoms with Crippen LogP contribution in [0.15, 0.2) is 65.7 Å². The number of piperidine rings is 1. The van der Waals surface area contributed by atoms with E-state index >= 15 is 0 Å². The molecule has 5 aromatic heterocycles. The molecule has 2 fully saturated rings. The number of unbranched alkanes of at least 4 members (excludes halogenated alkanes) is 1. The number of fused-ring (bicyclic) bond motifs is 4. The van der Waals surface area contributed by atoms with Crippen molar-refractivity contribution in [3.63, 3.8) is 0 Å². The molecule has 1 unspecified atom stereocenters. The molecule has 326 valence electrons. The summed E-state index contributed by atoms with van der Waals surface area (Å²) in [5.74, 6) is 1.24. The van der Waals surface area contributed by atoms with Crippen molar-refractivity contribution in [2.75, 3.05) is 5.32 Å². The molecule has 0 radical (unpaired) electrons. The Morgan fingerprint density at radius 3 is 2.59 bits per heavy atom. The van der Waals surface area contributed by atoms with Crippen molar-refractivity contribution in [1.82, 2.24) is 49.7 Å². The first-order chi connectivity index (χ1) is 30.9. The van der Waals surface area contributed by atoms with E-state index < -0.39 is 17.9 Å². The van der Waals surface area contributed by atoms with E-state index in [0.29, 0.717) is 73.0 Å². The summed E-state index contributed by atoms with van der Waals surface area (Å²) < 4.78 is 9.45. The first-order valence-corrected chi connectivity index (χ1v) is 22.1. The molecule has 64 heavy (non-hydrogen) atoms. The molecule has 16 heteroatoms. The smallest absolute Gasteiger partial charge is 0.262 e. The van der Waals surface area contributed by atoms with E-state index in [2.05, 4.69) is 64.4 Å². The van der Waals surface area contributed by atoms with Gasteiger partial charge in [-0.05, 0) is 114 Å². The van der Waals surface area contributed by atoms with E-state index in [0.717, 1.165) is 97.8 Å². The van der Waals surface area contributed by atoms with Gasteiger partial charge in [-0.25, -0.2) is 19.6 Å². The number of aromatic nitrogens is 8.